The molecule has 24 heavy (non-hydrogen) atoms. The third-order valence-electron chi connectivity index (χ3n) is 3.13. The second kappa shape index (κ2) is 7.25. The van der Waals surface area contributed by atoms with Gasteiger partial charge in [0.05, 0.1) is 27.4 Å². The molecular formula is C16H11Cl2N3O2S. The molecule has 1 amide bonds. The van der Waals surface area contributed by atoms with Crippen molar-refractivity contribution < 1.29 is 4.79 Å². The standard InChI is InChI=1S/C16H11Cl2N3O2S/c17-9-5-6-11(18)13(7-9)19-14(22)8-24-16-20-12-4-2-1-3-10(12)15(23)21-16/h1-7H,8H2,(H,19,22)(H,20,21,23). The monoisotopic (exact) mass is 379 g/mol. The summed E-state index contributed by atoms with van der Waals surface area (Å²) in [7, 11) is 0. The number of carbonyl (C=O) groups is 1. The lowest BCUT2D eigenvalue weighted by atomic mass is 10.2. The van der Waals surface area contributed by atoms with E-state index in [1.54, 1.807) is 42.5 Å². The van der Waals surface area contributed by atoms with Crippen molar-refractivity contribution in [1.29, 1.82) is 0 Å². The first-order valence-electron chi connectivity index (χ1n) is 6.90. The number of thioether (sulfide) groups is 1. The summed E-state index contributed by atoms with van der Waals surface area (Å²) < 4.78 is 0. The fourth-order valence-corrected chi connectivity index (χ4v) is 3.05. The SMILES string of the molecule is O=C(CSc1nc2ccccc2c(=O)[nH]1)Nc1cc(Cl)ccc1Cl. The summed E-state index contributed by atoms with van der Waals surface area (Å²) in [4.78, 5) is 31.0. The van der Waals surface area contributed by atoms with Crippen LogP contribution < -0.4 is 10.9 Å². The van der Waals surface area contributed by atoms with Crippen LogP contribution in [0.5, 0.6) is 0 Å². The van der Waals surface area contributed by atoms with Gasteiger partial charge in [-0.2, -0.15) is 0 Å². The average molecular weight is 380 g/mol. The fraction of sp³-hybridized carbons (Fsp3) is 0.0625. The Bertz CT molecular complexity index is 975. The third-order valence-corrected chi connectivity index (χ3v) is 4.57. The van der Waals surface area contributed by atoms with Gasteiger partial charge in [0.1, 0.15) is 0 Å². The van der Waals surface area contributed by atoms with Crippen LogP contribution in [0.1, 0.15) is 0 Å². The molecule has 3 rings (SSSR count). The zero-order valence-corrected chi connectivity index (χ0v) is 14.5. The molecule has 0 saturated heterocycles. The molecule has 3 aromatic rings. The van der Waals surface area contributed by atoms with Crippen LogP contribution in [-0.2, 0) is 4.79 Å². The smallest absolute Gasteiger partial charge is 0.259 e. The highest BCUT2D eigenvalue weighted by Crippen LogP contribution is 2.25. The molecule has 0 fully saturated rings. The van der Waals surface area contributed by atoms with E-state index in [2.05, 4.69) is 15.3 Å². The van der Waals surface area contributed by atoms with E-state index in [0.717, 1.165) is 11.8 Å². The van der Waals surface area contributed by atoms with Gasteiger partial charge in [0.25, 0.3) is 5.56 Å². The van der Waals surface area contributed by atoms with E-state index in [1.165, 1.54) is 0 Å². The number of fused-ring (bicyclic) bond motifs is 1. The van der Waals surface area contributed by atoms with Gasteiger partial charge < -0.3 is 10.3 Å². The predicted octanol–water partition coefficient (Wildman–Crippen LogP) is 3.96. The van der Waals surface area contributed by atoms with E-state index in [1.807, 2.05) is 0 Å². The quantitative estimate of drug-likeness (QED) is 0.531. The zero-order valence-electron chi connectivity index (χ0n) is 12.2. The van der Waals surface area contributed by atoms with Crippen LogP contribution in [-0.4, -0.2) is 21.6 Å². The number of hydrogen-bond donors (Lipinski definition) is 2. The van der Waals surface area contributed by atoms with E-state index < -0.39 is 0 Å². The minimum Gasteiger partial charge on any atom is -0.324 e. The molecule has 1 aromatic heterocycles. The number of halogens is 2. The lowest BCUT2D eigenvalue weighted by Gasteiger charge is -2.07. The summed E-state index contributed by atoms with van der Waals surface area (Å²) in [6, 6.07) is 11.8. The maximum atomic E-state index is 12.0. The zero-order chi connectivity index (χ0) is 17.1. The normalized spacial score (nSPS) is 10.8. The molecule has 0 bridgehead atoms. The summed E-state index contributed by atoms with van der Waals surface area (Å²) in [5.74, 6) is -0.204. The number of nitrogens with zero attached hydrogens (tertiary/aromatic N) is 1. The summed E-state index contributed by atoms with van der Waals surface area (Å²) >= 11 is 13.0. The summed E-state index contributed by atoms with van der Waals surface area (Å²) in [6.07, 6.45) is 0. The van der Waals surface area contributed by atoms with E-state index >= 15 is 0 Å². The highest BCUT2D eigenvalue weighted by molar-refractivity contribution is 7.99. The van der Waals surface area contributed by atoms with Gasteiger partial charge in [0.2, 0.25) is 5.91 Å². The van der Waals surface area contributed by atoms with Gasteiger partial charge in [-0.1, -0.05) is 47.1 Å². The highest BCUT2D eigenvalue weighted by Gasteiger charge is 2.09. The fourth-order valence-electron chi connectivity index (χ4n) is 2.05. The Labute approximate surface area is 151 Å². The van der Waals surface area contributed by atoms with Crippen LogP contribution in [0.3, 0.4) is 0 Å². The molecule has 0 radical (unpaired) electrons. The molecule has 122 valence electrons. The number of anilines is 1. The topological polar surface area (TPSA) is 74.8 Å². The molecule has 0 unspecified atom stereocenters. The van der Waals surface area contributed by atoms with Crippen LogP contribution >= 0.6 is 35.0 Å². The second-order valence-electron chi connectivity index (χ2n) is 4.85. The first-order valence-corrected chi connectivity index (χ1v) is 8.64. The molecule has 0 aliphatic rings. The van der Waals surface area contributed by atoms with Gasteiger partial charge in [-0.25, -0.2) is 4.98 Å². The van der Waals surface area contributed by atoms with Gasteiger partial charge >= 0.3 is 0 Å². The summed E-state index contributed by atoms with van der Waals surface area (Å²) in [5, 5.41) is 4.44. The van der Waals surface area contributed by atoms with Gasteiger partial charge in [-0.3, -0.25) is 9.59 Å². The molecule has 8 heteroatoms. The number of aromatic amines is 1. The number of rotatable bonds is 4. The number of H-pyrrole nitrogens is 1. The number of carbonyl (C=O) groups excluding carboxylic acids is 1. The minimum absolute atomic E-state index is 0.0735. The molecule has 1 heterocycles. The number of hydrogen-bond acceptors (Lipinski definition) is 4. The van der Waals surface area contributed by atoms with Crippen LogP contribution in [0.15, 0.2) is 52.4 Å². The van der Waals surface area contributed by atoms with Crippen LogP contribution in [0.4, 0.5) is 5.69 Å². The predicted molar refractivity (Wildman–Crippen MR) is 98.2 cm³/mol. The lowest BCUT2D eigenvalue weighted by Crippen LogP contribution is -2.15. The highest BCUT2D eigenvalue weighted by atomic mass is 35.5. The average Bonchev–Trinajstić information content (AvgIpc) is 2.56. The Morgan fingerprint density at radius 3 is 2.83 bits per heavy atom. The molecule has 0 spiro atoms. The van der Waals surface area contributed by atoms with Crippen LogP contribution in [0, 0.1) is 0 Å². The van der Waals surface area contributed by atoms with Crippen LogP contribution in [0.2, 0.25) is 10.0 Å². The van der Waals surface area contributed by atoms with Gasteiger partial charge in [0.15, 0.2) is 5.16 Å². The summed E-state index contributed by atoms with van der Waals surface area (Å²) in [6.45, 7) is 0. The largest absolute Gasteiger partial charge is 0.324 e. The van der Waals surface area contributed by atoms with Crippen molar-refractivity contribution in [3.63, 3.8) is 0 Å². The van der Waals surface area contributed by atoms with Crippen molar-refractivity contribution >= 4 is 57.5 Å². The lowest BCUT2D eigenvalue weighted by molar-refractivity contribution is -0.113. The van der Waals surface area contributed by atoms with Crippen molar-refractivity contribution in [3.8, 4) is 0 Å². The van der Waals surface area contributed by atoms with E-state index in [4.69, 9.17) is 23.2 Å². The van der Waals surface area contributed by atoms with Crippen LogP contribution in [0.25, 0.3) is 10.9 Å². The first-order chi connectivity index (χ1) is 11.5. The van der Waals surface area contributed by atoms with Crippen molar-refractivity contribution in [2.45, 2.75) is 5.16 Å². The first kappa shape index (κ1) is 16.8. The minimum atomic E-state index is -0.278. The molecule has 2 N–H and O–H groups in total. The maximum Gasteiger partial charge on any atom is 0.259 e. The van der Waals surface area contributed by atoms with E-state index in [9.17, 15) is 9.59 Å². The second-order valence-corrected chi connectivity index (χ2v) is 6.66. The van der Waals surface area contributed by atoms with Crippen molar-refractivity contribution in [1.82, 2.24) is 9.97 Å². The number of amides is 1. The number of para-hydroxylation sites is 1. The van der Waals surface area contributed by atoms with Crippen molar-refractivity contribution in [3.05, 3.63) is 62.9 Å². The van der Waals surface area contributed by atoms with Crippen molar-refractivity contribution in [2.75, 3.05) is 11.1 Å². The molecule has 0 aliphatic heterocycles. The number of nitrogens with one attached hydrogen (secondary N) is 2. The maximum absolute atomic E-state index is 12.0. The Balaban J connectivity index is 1.70. The van der Waals surface area contributed by atoms with Gasteiger partial charge in [0, 0.05) is 5.02 Å². The molecule has 0 atom stereocenters. The molecule has 0 saturated carbocycles. The number of benzene rings is 2. The van der Waals surface area contributed by atoms with Gasteiger partial charge in [-0.05, 0) is 30.3 Å². The number of aromatic nitrogens is 2. The molecule has 5 nitrogen and oxygen atoms in total. The molecular weight excluding hydrogens is 369 g/mol. The van der Waals surface area contributed by atoms with E-state index in [0.29, 0.717) is 31.8 Å². The Kier molecular flexibility index (Phi) is 5.08. The van der Waals surface area contributed by atoms with Gasteiger partial charge in [-0.15, -0.1) is 0 Å². The molecule has 0 aliphatic carbocycles. The van der Waals surface area contributed by atoms with E-state index in [-0.39, 0.29) is 17.2 Å². The summed E-state index contributed by atoms with van der Waals surface area (Å²) in [5.41, 5.74) is 0.790. The molecule has 2 aromatic carbocycles. The Hall–Kier alpha value is -2.02. The van der Waals surface area contributed by atoms with Crippen molar-refractivity contribution in [2.24, 2.45) is 0 Å². The Morgan fingerprint density at radius 1 is 1.21 bits per heavy atom. The Morgan fingerprint density at radius 2 is 2.00 bits per heavy atom. The third kappa shape index (κ3) is 3.90.